The molecule has 3 nitrogen and oxygen atoms in total. The molecule has 0 aliphatic heterocycles. The molecule has 0 spiro atoms. The van der Waals surface area contributed by atoms with E-state index in [1.165, 1.54) is 18.4 Å². The predicted octanol–water partition coefficient (Wildman–Crippen LogP) is 5.38. The van der Waals surface area contributed by atoms with Crippen LogP contribution >= 0.6 is 0 Å². The van der Waals surface area contributed by atoms with Gasteiger partial charge < -0.3 is 9.64 Å². The summed E-state index contributed by atoms with van der Waals surface area (Å²) < 4.78 is 5.23. The number of benzene rings is 2. The van der Waals surface area contributed by atoms with E-state index in [4.69, 9.17) is 4.74 Å². The number of nitrogens with zero attached hydrogens (tertiary/aromatic N) is 1. The summed E-state index contributed by atoms with van der Waals surface area (Å²) in [6.07, 6.45) is 5.15. The van der Waals surface area contributed by atoms with E-state index in [1.54, 1.807) is 7.11 Å². The van der Waals surface area contributed by atoms with Crippen LogP contribution in [0.4, 0.5) is 5.69 Å². The summed E-state index contributed by atoms with van der Waals surface area (Å²) in [6, 6.07) is 16.0. The third kappa shape index (κ3) is 5.62. The standard InChI is InChI=1S/C23H31NO2/c1-5-6-7-8-20(17-18-9-15-22(26-4)16-10-18)23(25)19-11-13-21(14-12-19)24(2)3/h9-16,20H,5-8,17H2,1-4H3. The fourth-order valence-corrected chi connectivity index (χ4v) is 3.17. The van der Waals surface area contributed by atoms with Gasteiger partial charge in [0.1, 0.15) is 5.75 Å². The maximum atomic E-state index is 13.1. The number of methoxy groups -OCH3 is 1. The van der Waals surface area contributed by atoms with Crippen molar-refractivity contribution in [3.05, 3.63) is 59.7 Å². The van der Waals surface area contributed by atoms with Gasteiger partial charge in [0.15, 0.2) is 5.78 Å². The lowest BCUT2D eigenvalue weighted by molar-refractivity contribution is 0.0910. The Kier molecular flexibility index (Phi) is 7.71. The Balaban J connectivity index is 2.14. The van der Waals surface area contributed by atoms with Crippen LogP contribution in [0, 0.1) is 5.92 Å². The molecule has 140 valence electrons. The molecule has 2 rings (SSSR count). The lowest BCUT2D eigenvalue weighted by Crippen LogP contribution is -2.18. The molecule has 2 aromatic carbocycles. The van der Waals surface area contributed by atoms with Gasteiger partial charge in [-0.15, -0.1) is 0 Å². The molecule has 0 N–H and O–H groups in total. The number of hydrogen-bond acceptors (Lipinski definition) is 3. The van der Waals surface area contributed by atoms with Crippen molar-refractivity contribution in [3.63, 3.8) is 0 Å². The number of rotatable bonds is 10. The van der Waals surface area contributed by atoms with Crippen LogP contribution < -0.4 is 9.64 Å². The second-order valence-corrected chi connectivity index (χ2v) is 7.05. The minimum Gasteiger partial charge on any atom is -0.497 e. The van der Waals surface area contributed by atoms with Gasteiger partial charge in [-0.2, -0.15) is 0 Å². The molecule has 0 aliphatic rings. The van der Waals surface area contributed by atoms with Crippen LogP contribution in [0.15, 0.2) is 48.5 Å². The Morgan fingerprint density at radius 2 is 1.65 bits per heavy atom. The summed E-state index contributed by atoms with van der Waals surface area (Å²) in [6.45, 7) is 2.19. The van der Waals surface area contributed by atoms with Gasteiger partial charge in [0.2, 0.25) is 0 Å². The first-order valence-corrected chi connectivity index (χ1v) is 9.49. The van der Waals surface area contributed by atoms with Gasteiger partial charge in [0.05, 0.1) is 7.11 Å². The molecular formula is C23H31NO2. The van der Waals surface area contributed by atoms with Crippen LogP contribution in [0.5, 0.6) is 5.75 Å². The molecule has 1 unspecified atom stereocenters. The highest BCUT2D eigenvalue weighted by Gasteiger charge is 2.20. The third-order valence-corrected chi connectivity index (χ3v) is 4.84. The van der Waals surface area contributed by atoms with Crippen LogP contribution in [-0.4, -0.2) is 27.0 Å². The molecule has 26 heavy (non-hydrogen) atoms. The molecule has 3 heteroatoms. The van der Waals surface area contributed by atoms with Crippen molar-refractivity contribution in [2.75, 3.05) is 26.1 Å². The molecule has 0 aromatic heterocycles. The van der Waals surface area contributed by atoms with E-state index in [1.807, 2.05) is 55.4 Å². The van der Waals surface area contributed by atoms with Crippen molar-refractivity contribution in [1.29, 1.82) is 0 Å². The zero-order valence-corrected chi connectivity index (χ0v) is 16.5. The summed E-state index contributed by atoms with van der Waals surface area (Å²) in [5, 5.41) is 0. The molecule has 0 saturated heterocycles. The molecule has 0 saturated carbocycles. The Hall–Kier alpha value is -2.29. The molecule has 0 heterocycles. The summed E-state index contributed by atoms with van der Waals surface area (Å²) in [5.41, 5.74) is 3.11. The lowest BCUT2D eigenvalue weighted by Gasteiger charge is -2.17. The first-order valence-electron chi connectivity index (χ1n) is 9.49. The number of ether oxygens (including phenoxy) is 1. The van der Waals surface area contributed by atoms with E-state index in [2.05, 4.69) is 19.1 Å². The predicted molar refractivity (Wildman–Crippen MR) is 109 cm³/mol. The maximum absolute atomic E-state index is 13.1. The molecule has 0 bridgehead atoms. The monoisotopic (exact) mass is 353 g/mol. The fraction of sp³-hybridized carbons (Fsp3) is 0.435. The van der Waals surface area contributed by atoms with Crippen molar-refractivity contribution in [2.45, 2.75) is 39.0 Å². The van der Waals surface area contributed by atoms with Crippen LogP contribution in [0.2, 0.25) is 0 Å². The van der Waals surface area contributed by atoms with Gasteiger partial charge in [-0.25, -0.2) is 0 Å². The van der Waals surface area contributed by atoms with Crippen molar-refractivity contribution >= 4 is 11.5 Å². The fourth-order valence-electron chi connectivity index (χ4n) is 3.17. The highest BCUT2D eigenvalue weighted by molar-refractivity contribution is 5.98. The Morgan fingerprint density at radius 3 is 2.19 bits per heavy atom. The molecule has 0 aliphatic carbocycles. The van der Waals surface area contributed by atoms with E-state index in [0.717, 1.165) is 36.3 Å². The minimum absolute atomic E-state index is 0.0279. The van der Waals surface area contributed by atoms with Crippen molar-refractivity contribution in [2.24, 2.45) is 5.92 Å². The number of anilines is 1. The summed E-state index contributed by atoms with van der Waals surface area (Å²) in [7, 11) is 5.69. The highest BCUT2D eigenvalue weighted by Crippen LogP contribution is 2.23. The average Bonchev–Trinajstić information content (AvgIpc) is 2.67. The maximum Gasteiger partial charge on any atom is 0.166 e. The van der Waals surface area contributed by atoms with Gasteiger partial charge in [0.25, 0.3) is 0 Å². The normalized spacial score (nSPS) is 11.8. The largest absolute Gasteiger partial charge is 0.497 e. The number of carbonyl (C=O) groups excluding carboxylic acids is 1. The number of Topliss-reactive ketones (excluding diaryl/α,β-unsaturated/α-hetero) is 1. The second kappa shape index (κ2) is 10.0. The lowest BCUT2D eigenvalue weighted by atomic mass is 9.87. The Morgan fingerprint density at radius 1 is 1.00 bits per heavy atom. The zero-order chi connectivity index (χ0) is 18.9. The molecule has 0 fully saturated rings. The van der Waals surface area contributed by atoms with Gasteiger partial charge >= 0.3 is 0 Å². The zero-order valence-electron chi connectivity index (χ0n) is 16.5. The topological polar surface area (TPSA) is 29.5 Å². The van der Waals surface area contributed by atoms with Crippen LogP contribution in [0.1, 0.15) is 48.5 Å². The molecule has 0 radical (unpaired) electrons. The Labute approximate surface area is 158 Å². The quantitative estimate of drug-likeness (QED) is 0.424. The van der Waals surface area contributed by atoms with Crippen LogP contribution in [0.25, 0.3) is 0 Å². The van der Waals surface area contributed by atoms with Gasteiger partial charge in [-0.3, -0.25) is 4.79 Å². The van der Waals surface area contributed by atoms with Crippen molar-refractivity contribution in [1.82, 2.24) is 0 Å². The van der Waals surface area contributed by atoms with Gasteiger partial charge in [-0.1, -0.05) is 38.3 Å². The van der Waals surface area contributed by atoms with E-state index in [9.17, 15) is 4.79 Å². The SMILES string of the molecule is CCCCCC(Cc1ccc(OC)cc1)C(=O)c1ccc(N(C)C)cc1. The molecule has 1 atom stereocenters. The summed E-state index contributed by atoms with van der Waals surface area (Å²) in [4.78, 5) is 15.2. The Bertz CT molecular complexity index is 674. The van der Waals surface area contributed by atoms with Crippen LogP contribution in [-0.2, 0) is 6.42 Å². The average molecular weight is 354 g/mol. The van der Waals surface area contributed by atoms with Gasteiger partial charge in [-0.05, 0) is 54.8 Å². The van der Waals surface area contributed by atoms with E-state index >= 15 is 0 Å². The highest BCUT2D eigenvalue weighted by atomic mass is 16.5. The first kappa shape index (κ1) is 20.0. The van der Waals surface area contributed by atoms with E-state index < -0.39 is 0 Å². The van der Waals surface area contributed by atoms with Crippen molar-refractivity contribution in [3.8, 4) is 5.75 Å². The summed E-state index contributed by atoms with van der Waals surface area (Å²) in [5.74, 6) is 1.13. The smallest absolute Gasteiger partial charge is 0.166 e. The number of ketones is 1. The van der Waals surface area contributed by atoms with E-state index in [0.29, 0.717) is 0 Å². The minimum atomic E-state index is 0.0279. The summed E-state index contributed by atoms with van der Waals surface area (Å²) >= 11 is 0. The molecular weight excluding hydrogens is 322 g/mol. The molecule has 2 aromatic rings. The first-order chi connectivity index (χ1) is 12.5. The number of carbonyl (C=O) groups is 1. The van der Waals surface area contributed by atoms with E-state index in [-0.39, 0.29) is 11.7 Å². The number of unbranched alkanes of at least 4 members (excludes halogenated alkanes) is 2. The van der Waals surface area contributed by atoms with Crippen molar-refractivity contribution < 1.29 is 9.53 Å². The second-order valence-electron chi connectivity index (χ2n) is 7.05. The van der Waals surface area contributed by atoms with Gasteiger partial charge in [0, 0.05) is 31.3 Å². The molecule has 0 amide bonds. The third-order valence-electron chi connectivity index (χ3n) is 4.84. The van der Waals surface area contributed by atoms with Crippen LogP contribution in [0.3, 0.4) is 0 Å². The number of hydrogen-bond donors (Lipinski definition) is 0.